The number of nitrogens with one attached hydrogen (secondary N) is 1. The van der Waals surface area contributed by atoms with Crippen molar-refractivity contribution in [1.29, 1.82) is 0 Å². The minimum atomic E-state index is 0.748. The summed E-state index contributed by atoms with van der Waals surface area (Å²) in [7, 11) is 2.17. The van der Waals surface area contributed by atoms with Crippen LogP contribution in [0.2, 0.25) is 0 Å². The summed E-state index contributed by atoms with van der Waals surface area (Å²) in [6.07, 6.45) is 1.07. The van der Waals surface area contributed by atoms with Gasteiger partial charge in [-0.3, -0.25) is 0 Å². The molecule has 0 spiro atoms. The molecule has 1 heterocycles. The van der Waals surface area contributed by atoms with Crippen molar-refractivity contribution in [3.05, 3.63) is 59.7 Å². The van der Waals surface area contributed by atoms with Gasteiger partial charge in [0.15, 0.2) is 0 Å². The molecule has 3 rings (SSSR count). The van der Waals surface area contributed by atoms with Crippen LogP contribution in [-0.4, -0.2) is 31.6 Å². The standard InChI is InChI=1S/C18H22N2O/c1-20(12-10-15-6-3-2-4-7-15)14-16-8-5-9-17-18(16)21-13-11-19-17/h2-9,19H,10-14H2,1H3. The maximum Gasteiger partial charge on any atom is 0.146 e. The van der Waals surface area contributed by atoms with Gasteiger partial charge in [-0.2, -0.15) is 0 Å². The van der Waals surface area contributed by atoms with Gasteiger partial charge < -0.3 is 15.0 Å². The van der Waals surface area contributed by atoms with E-state index in [1.165, 1.54) is 11.1 Å². The zero-order valence-electron chi connectivity index (χ0n) is 12.5. The van der Waals surface area contributed by atoms with Crippen molar-refractivity contribution in [3.63, 3.8) is 0 Å². The molecule has 0 saturated carbocycles. The highest BCUT2D eigenvalue weighted by Crippen LogP contribution is 2.31. The molecule has 1 aliphatic rings. The topological polar surface area (TPSA) is 24.5 Å². The number of anilines is 1. The molecule has 21 heavy (non-hydrogen) atoms. The quantitative estimate of drug-likeness (QED) is 0.911. The van der Waals surface area contributed by atoms with Gasteiger partial charge in [0.2, 0.25) is 0 Å². The molecule has 0 bridgehead atoms. The Morgan fingerprint density at radius 3 is 2.81 bits per heavy atom. The second kappa shape index (κ2) is 6.64. The number of hydrogen-bond acceptors (Lipinski definition) is 3. The van der Waals surface area contributed by atoms with E-state index in [1.807, 2.05) is 0 Å². The number of nitrogens with zero attached hydrogens (tertiary/aromatic N) is 1. The van der Waals surface area contributed by atoms with Crippen molar-refractivity contribution in [1.82, 2.24) is 4.90 Å². The monoisotopic (exact) mass is 282 g/mol. The number of likely N-dealkylation sites (N-methyl/N-ethyl adjacent to an activating group) is 1. The normalized spacial score (nSPS) is 13.4. The minimum Gasteiger partial charge on any atom is -0.489 e. The maximum absolute atomic E-state index is 5.83. The fraction of sp³-hybridized carbons (Fsp3) is 0.333. The van der Waals surface area contributed by atoms with Gasteiger partial charge in [0, 0.05) is 25.2 Å². The summed E-state index contributed by atoms with van der Waals surface area (Å²) >= 11 is 0. The smallest absolute Gasteiger partial charge is 0.146 e. The fourth-order valence-electron chi connectivity index (χ4n) is 2.69. The summed E-state index contributed by atoms with van der Waals surface area (Å²) in [5.41, 5.74) is 3.77. The van der Waals surface area contributed by atoms with E-state index in [1.54, 1.807) is 0 Å². The van der Waals surface area contributed by atoms with E-state index in [4.69, 9.17) is 4.74 Å². The Morgan fingerprint density at radius 1 is 1.10 bits per heavy atom. The molecule has 0 saturated heterocycles. The van der Waals surface area contributed by atoms with Crippen molar-refractivity contribution in [2.24, 2.45) is 0 Å². The van der Waals surface area contributed by atoms with E-state index in [9.17, 15) is 0 Å². The molecule has 0 aliphatic carbocycles. The van der Waals surface area contributed by atoms with E-state index in [0.29, 0.717) is 0 Å². The van der Waals surface area contributed by atoms with Gasteiger partial charge in [0.05, 0.1) is 5.69 Å². The molecular weight excluding hydrogens is 260 g/mol. The second-order valence-electron chi connectivity index (χ2n) is 5.54. The lowest BCUT2D eigenvalue weighted by Crippen LogP contribution is -2.23. The van der Waals surface area contributed by atoms with Gasteiger partial charge in [-0.25, -0.2) is 0 Å². The summed E-state index contributed by atoms with van der Waals surface area (Å²) in [6.45, 7) is 3.59. The van der Waals surface area contributed by atoms with Crippen LogP contribution in [-0.2, 0) is 13.0 Å². The number of para-hydroxylation sites is 1. The molecule has 0 radical (unpaired) electrons. The minimum absolute atomic E-state index is 0.748. The first-order chi connectivity index (χ1) is 10.3. The van der Waals surface area contributed by atoms with Crippen molar-refractivity contribution in [2.45, 2.75) is 13.0 Å². The summed E-state index contributed by atoms with van der Waals surface area (Å²) < 4.78 is 5.83. The predicted octanol–water partition coefficient (Wildman–Crippen LogP) is 3.17. The Balaban J connectivity index is 1.61. The van der Waals surface area contributed by atoms with Gasteiger partial charge in [-0.1, -0.05) is 42.5 Å². The predicted molar refractivity (Wildman–Crippen MR) is 86.9 cm³/mol. The van der Waals surface area contributed by atoms with Crippen molar-refractivity contribution < 1.29 is 4.74 Å². The molecule has 2 aromatic rings. The van der Waals surface area contributed by atoms with Crippen molar-refractivity contribution in [2.75, 3.05) is 32.1 Å². The SMILES string of the molecule is CN(CCc1ccccc1)Cc1cccc2c1OCCN2. The molecule has 3 nitrogen and oxygen atoms in total. The molecule has 0 fully saturated rings. The summed E-state index contributed by atoms with van der Waals surface area (Å²) in [5, 5.41) is 3.39. The Morgan fingerprint density at radius 2 is 1.95 bits per heavy atom. The lowest BCUT2D eigenvalue weighted by Gasteiger charge is -2.24. The molecule has 0 amide bonds. The highest BCUT2D eigenvalue weighted by molar-refractivity contribution is 5.61. The first-order valence-corrected chi connectivity index (χ1v) is 7.54. The van der Waals surface area contributed by atoms with Gasteiger partial charge in [0.1, 0.15) is 12.4 Å². The highest BCUT2D eigenvalue weighted by Gasteiger charge is 2.14. The molecule has 0 aromatic heterocycles. The molecular formula is C18H22N2O. The third kappa shape index (κ3) is 3.56. The number of hydrogen-bond donors (Lipinski definition) is 1. The van der Waals surface area contributed by atoms with Gasteiger partial charge >= 0.3 is 0 Å². The van der Waals surface area contributed by atoms with Gasteiger partial charge in [0.25, 0.3) is 0 Å². The van der Waals surface area contributed by atoms with Crippen molar-refractivity contribution >= 4 is 5.69 Å². The van der Waals surface area contributed by atoms with Crippen LogP contribution in [0.25, 0.3) is 0 Å². The van der Waals surface area contributed by atoms with Crippen LogP contribution in [0.3, 0.4) is 0 Å². The average Bonchev–Trinajstić information content (AvgIpc) is 2.54. The van der Waals surface area contributed by atoms with E-state index >= 15 is 0 Å². The Kier molecular flexibility index (Phi) is 4.41. The zero-order valence-corrected chi connectivity index (χ0v) is 12.5. The Hall–Kier alpha value is -2.00. The van der Waals surface area contributed by atoms with Crippen LogP contribution in [0.5, 0.6) is 5.75 Å². The number of rotatable bonds is 5. The van der Waals surface area contributed by atoms with E-state index < -0.39 is 0 Å². The number of ether oxygens (including phenoxy) is 1. The lowest BCUT2D eigenvalue weighted by atomic mass is 10.1. The molecule has 1 aliphatic heterocycles. The fourth-order valence-corrected chi connectivity index (χ4v) is 2.69. The molecule has 3 heteroatoms. The van der Waals surface area contributed by atoms with E-state index in [-0.39, 0.29) is 0 Å². The second-order valence-corrected chi connectivity index (χ2v) is 5.54. The van der Waals surface area contributed by atoms with E-state index in [0.717, 1.165) is 44.1 Å². The van der Waals surface area contributed by atoms with Crippen molar-refractivity contribution in [3.8, 4) is 5.75 Å². The zero-order chi connectivity index (χ0) is 14.5. The average molecular weight is 282 g/mol. The maximum atomic E-state index is 5.83. The Labute approximate surface area is 126 Å². The number of fused-ring (bicyclic) bond motifs is 1. The first-order valence-electron chi connectivity index (χ1n) is 7.54. The van der Waals surface area contributed by atoms with Crippen LogP contribution in [0.1, 0.15) is 11.1 Å². The lowest BCUT2D eigenvalue weighted by molar-refractivity contribution is 0.297. The first kappa shape index (κ1) is 14.0. The summed E-state index contributed by atoms with van der Waals surface area (Å²) in [4.78, 5) is 2.35. The van der Waals surface area contributed by atoms with Crippen LogP contribution < -0.4 is 10.1 Å². The Bertz CT molecular complexity index is 583. The third-order valence-electron chi connectivity index (χ3n) is 3.83. The molecule has 2 aromatic carbocycles. The van der Waals surface area contributed by atoms with Gasteiger partial charge in [-0.15, -0.1) is 0 Å². The highest BCUT2D eigenvalue weighted by atomic mass is 16.5. The van der Waals surface area contributed by atoms with Crippen LogP contribution in [0, 0.1) is 0 Å². The van der Waals surface area contributed by atoms with Crippen LogP contribution >= 0.6 is 0 Å². The summed E-state index contributed by atoms with van der Waals surface area (Å²) in [6, 6.07) is 17.0. The van der Waals surface area contributed by atoms with Gasteiger partial charge in [-0.05, 0) is 25.1 Å². The van der Waals surface area contributed by atoms with Crippen LogP contribution in [0.15, 0.2) is 48.5 Å². The molecule has 0 unspecified atom stereocenters. The largest absolute Gasteiger partial charge is 0.489 e. The van der Waals surface area contributed by atoms with E-state index in [2.05, 4.69) is 65.8 Å². The molecule has 0 atom stereocenters. The third-order valence-corrected chi connectivity index (χ3v) is 3.83. The summed E-state index contributed by atoms with van der Waals surface area (Å²) in [5.74, 6) is 1.02. The molecule has 1 N–H and O–H groups in total. The molecule has 110 valence electrons. The van der Waals surface area contributed by atoms with Crippen LogP contribution in [0.4, 0.5) is 5.69 Å². The number of benzene rings is 2.